The first-order chi connectivity index (χ1) is 14.6. The second-order valence-corrected chi connectivity index (χ2v) is 9.21. The lowest BCUT2D eigenvalue weighted by Crippen LogP contribution is -2.36. The molecule has 9 nitrogen and oxygen atoms in total. The van der Waals surface area contributed by atoms with Crippen LogP contribution in [0.1, 0.15) is 57.7 Å². The van der Waals surface area contributed by atoms with Gasteiger partial charge in [-0.15, -0.1) is 0 Å². The molecule has 4 amide bonds. The second kappa shape index (κ2) is 7.55. The van der Waals surface area contributed by atoms with Gasteiger partial charge in [0, 0.05) is 26.0 Å². The summed E-state index contributed by atoms with van der Waals surface area (Å²) in [6.07, 6.45) is 5.74. The number of likely N-dealkylation sites (N-methyl/N-ethyl adjacent to an activating group) is 1. The molecule has 0 bridgehead atoms. The van der Waals surface area contributed by atoms with Crippen molar-refractivity contribution in [3.05, 3.63) is 29.7 Å². The van der Waals surface area contributed by atoms with E-state index in [-0.39, 0.29) is 25.0 Å². The normalized spacial score (nSPS) is 17.1. The van der Waals surface area contributed by atoms with Crippen LogP contribution in [0.5, 0.6) is 0 Å². The lowest BCUT2D eigenvalue weighted by atomic mass is 10.1. The predicted molar refractivity (Wildman–Crippen MR) is 115 cm³/mol. The first-order valence-electron chi connectivity index (χ1n) is 10.6. The molecule has 1 saturated carbocycles. The molecule has 4 rings (SSSR count). The molecule has 31 heavy (non-hydrogen) atoms. The van der Waals surface area contributed by atoms with Gasteiger partial charge in [0.2, 0.25) is 5.91 Å². The zero-order valence-corrected chi connectivity index (χ0v) is 18.7. The summed E-state index contributed by atoms with van der Waals surface area (Å²) >= 11 is 0. The molecule has 2 aromatic rings. The highest BCUT2D eigenvalue weighted by Gasteiger charge is 2.36. The third-order valence-electron chi connectivity index (χ3n) is 5.51. The van der Waals surface area contributed by atoms with Gasteiger partial charge in [-0.25, -0.2) is 14.6 Å². The van der Waals surface area contributed by atoms with E-state index in [1.165, 1.54) is 11.9 Å². The molecule has 2 aromatic heterocycles. The van der Waals surface area contributed by atoms with Gasteiger partial charge in [0.15, 0.2) is 5.65 Å². The first kappa shape index (κ1) is 21.1. The molecule has 0 spiro atoms. The Hall–Kier alpha value is -3.10. The number of ether oxygens (including phenoxy) is 1. The summed E-state index contributed by atoms with van der Waals surface area (Å²) in [4.78, 5) is 46.2. The molecule has 166 valence electrons. The Morgan fingerprint density at radius 2 is 1.97 bits per heavy atom. The van der Waals surface area contributed by atoms with Gasteiger partial charge in [-0.1, -0.05) is 0 Å². The summed E-state index contributed by atoms with van der Waals surface area (Å²) in [5.41, 5.74) is 2.45. The Morgan fingerprint density at radius 1 is 1.26 bits per heavy atom. The molecule has 1 saturated heterocycles. The van der Waals surface area contributed by atoms with Crippen molar-refractivity contribution in [3.8, 4) is 0 Å². The molecule has 0 N–H and O–H groups in total. The van der Waals surface area contributed by atoms with E-state index in [2.05, 4.69) is 0 Å². The van der Waals surface area contributed by atoms with E-state index in [4.69, 9.17) is 9.72 Å². The van der Waals surface area contributed by atoms with Crippen LogP contribution in [0.4, 0.5) is 15.3 Å². The predicted octanol–water partition coefficient (Wildman–Crippen LogP) is 3.37. The molecule has 1 aliphatic carbocycles. The second-order valence-electron chi connectivity index (χ2n) is 9.21. The van der Waals surface area contributed by atoms with Gasteiger partial charge in [-0.05, 0) is 58.1 Å². The Labute approximate surface area is 181 Å². The topological polar surface area (TPSA) is 87.5 Å². The van der Waals surface area contributed by atoms with Crippen LogP contribution in [0.2, 0.25) is 0 Å². The largest absolute Gasteiger partial charge is 0.444 e. The van der Waals surface area contributed by atoms with Gasteiger partial charge in [-0.3, -0.25) is 14.6 Å². The van der Waals surface area contributed by atoms with Crippen molar-refractivity contribution in [1.29, 1.82) is 0 Å². The van der Waals surface area contributed by atoms with Gasteiger partial charge in [0.1, 0.15) is 12.1 Å². The number of imide groups is 1. The molecule has 9 heteroatoms. The number of hydrogen-bond acceptors (Lipinski definition) is 5. The van der Waals surface area contributed by atoms with Gasteiger partial charge in [0.25, 0.3) is 0 Å². The summed E-state index contributed by atoms with van der Waals surface area (Å²) in [5.74, 6) is 0.225. The monoisotopic (exact) mass is 427 g/mol. The van der Waals surface area contributed by atoms with Crippen molar-refractivity contribution in [2.75, 3.05) is 25.0 Å². The van der Waals surface area contributed by atoms with Crippen LogP contribution >= 0.6 is 0 Å². The minimum absolute atomic E-state index is 0.000298. The number of anilines is 1. The van der Waals surface area contributed by atoms with E-state index in [0.717, 1.165) is 23.3 Å². The van der Waals surface area contributed by atoms with E-state index in [0.29, 0.717) is 29.5 Å². The Balaban J connectivity index is 1.69. The summed E-state index contributed by atoms with van der Waals surface area (Å²) < 4.78 is 7.40. The third-order valence-corrected chi connectivity index (χ3v) is 5.51. The molecule has 1 aliphatic heterocycles. The maximum atomic E-state index is 12.6. The number of aromatic nitrogens is 2. The summed E-state index contributed by atoms with van der Waals surface area (Å²) in [6, 6.07) is 1.62. The number of urea groups is 1. The highest BCUT2D eigenvalue weighted by atomic mass is 16.6. The van der Waals surface area contributed by atoms with Gasteiger partial charge in [-0.2, -0.15) is 0 Å². The lowest BCUT2D eigenvalue weighted by Gasteiger charge is -2.26. The maximum Gasteiger partial charge on any atom is 0.410 e. The quantitative estimate of drug-likeness (QED) is 0.683. The maximum absolute atomic E-state index is 12.6. The van der Waals surface area contributed by atoms with Crippen LogP contribution in [0.15, 0.2) is 18.5 Å². The summed E-state index contributed by atoms with van der Waals surface area (Å²) in [5, 5.41) is 0. The zero-order chi connectivity index (χ0) is 22.5. The van der Waals surface area contributed by atoms with E-state index in [1.54, 1.807) is 4.90 Å². The highest BCUT2D eigenvalue weighted by Crippen LogP contribution is 2.42. The Kier molecular flexibility index (Phi) is 5.15. The standard InChI is InChI=1S/C22H29N5O4/c1-6-25(21(30)31-22(2,3)4)11-16-12-26-10-15(14-7-8-14)9-17(19(26)23-16)27-13-18(28)24(5)20(27)29/h9-10,12,14H,6-8,11,13H2,1-5H3. The SMILES string of the molecule is CCN(Cc1cn2cc(C3CC3)cc(N3CC(=O)N(C)C3=O)c2n1)C(=O)OC(C)(C)C. The smallest absolute Gasteiger partial charge is 0.410 e. The third kappa shape index (κ3) is 4.22. The highest BCUT2D eigenvalue weighted by molar-refractivity contribution is 6.13. The number of carbonyl (C=O) groups excluding carboxylic acids is 3. The molecular weight excluding hydrogens is 398 g/mol. The fourth-order valence-electron chi connectivity index (χ4n) is 3.68. The molecule has 0 unspecified atom stereocenters. The van der Waals surface area contributed by atoms with E-state index >= 15 is 0 Å². The van der Waals surface area contributed by atoms with Crippen LogP contribution < -0.4 is 4.90 Å². The molecule has 3 heterocycles. The molecule has 0 atom stereocenters. The number of pyridine rings is 1. The minimum Gasteiger partial charge on any atom is -0.444 e. The number of nitrogens with zero attached hydrogens (tertiary/aromatic N) is 5. The number of hydrogen-bond donors (Lipinski definition) is 0. The summed E-state index contributed by atoms with van der Waals surface area (Å²) in [6.45, 7) is 8.16. The first-order valence-corrected chi connectivity index (χ1v) is 10.6. The van der Waals surface area contributed by atoms with Crippen molar-refractivity contribution in [1.82, 2.24) is 19.2 Å². The Bertz CT molecular complexity index is 1050. The minimum atomic E-state index is -0.579. The van der Waals surface area contributed by atoms with Gasteiger partial charge < -0.3 is 14.0 Å². The fourth-order valence-corrected chi connectivity index (χ4v) is 3.68. The average Bonchev–Trinajstić information content (AvgIpc) is 3.41. The molecular formula is C22H29N5O4. The van der Waals surface area contributed by atoms with Gasteiger partial charge >= 0.3 is 12.1 Å². The lowest BCUT2D eigenvalue weighted by molar-refractivity contribution is -0.123. The summed E-state index contributed by atoms with van der Waals surface area (Å²) in [7, 11) is 1.49. The molecule has 0 radical (unpaired) electrons. The van der Waals surface area contributed by atoms with Crippen LogP contribution in [0, 0.1) is 0 Å². The number of amides is 4. The van der Waals surface area contributed by atoms with Crippen molar-refractivity contribution in [2.24, 2.45) is 0 Å². The van der Waals surface area contributed by atoms with Crippen molar-refractivity contribution >= 4 is 29.4 Å². The number of imidazole rings is 1. The molecule has 2 fully saturated rings. The van der Waals surface area contributed by atoms with Crippen molar-refractivity contribution in [3.63, 3.8) is 0 Å². The van der Waals surface area contributed by atoms with Gasteiger partial charge in [0.05, 0.1) is 17.9 Å². The van der Waals surface area contributed by atoms with E-state index in [1.807, 2.05) is 50.6 Å². The van der Waals surface area contributed by atoms with E-state index < -0.39 is 11.7 Å². The van der Waals surface area contributed by atoms with Crippen LogP contribution in [-0.4, -0.2) is 63.0 Å². The van der Waals surface area contributed by atoms with Crippen molar-refractivity contribution < 1.29 is 19.1 Å². The number of rotatable bonds is 5. The average molecular weight is 428 g/mol. The number of carbonyl (C=O) groups is 3. The number of fused-ring (bicyclic) bond motifs is 1. The van der Waals surface area contributed by atoms with Crippen LogP contribution in [-0.2, 0) is 16.1 Å². The van der Waals surface area contributed by atoms with Crippen LogP contribution in [0.25, 0.3) is 5.65 Å². The molecule has 2 aliphatic rings. The van der Waals surface area contributed by atoms with E-state index in [9.17, 15) is 14.4 Å². The molecule has 0 aromatic carbocycles. The Morgan fingerprint density at radius 3 is 2.52 bits per heavy atom. The van der Waals surface area contributed by atoms with Crippen LogP contribution in [0.3, 0.4) is 0 Å². The fraction of sp³-hybridized carbons (Fsp3) is 0.545. The zero-order valence-electron chi connectivity index (χ0n) is 18.7. The van der Waals surface area contributed by atoms with Crippen molar-refractivity contribution in [2.45, 2.75) is 58.6 Å².